The summed E-state index contributed by atoms with van der Waals surface area (Å²) in [5, 5.41) is -0.686. The molecule has 0 saturated carbocycles. The molecular formula is C15H21O6S2Tl. The number of carbonyl (C=O) groups is 3. The van der Waals surface area contributed by atoms with Crippen molar-refractivity contribution < 1.29 is 28.6 Å². The van der Waals surface area contributed by atoms with Crippen molar-refractivity contribution in [1.29, 1.82) is 0 Å². The number of esters is 1. The van der Waals surface area contributed by atoms with E-state index in [-0.39, 0.29) is 62.6 Å². The minimum Gasteiger partial charge on any atom is -0.197 e. The summed E-state index contributed by atoms with van der Waals surface area (Å²) in [6, 6.07) is 5.26. The summed E-state index contributed by atoms with van der Waals surface area (Å²) in [6.45, 7) is 5.59. The van der Waals surface area contributed by atoms with Crippen LogP contribution in [-0.4, -0.2) is 40.6 Å². The summed E-state index contributed by atoms with van der Waals surface area (Å²) in [5.74, 6) is -0.393. The molecule has 1 aromatic rings. The van der Waals surface area contributed by atoms with Gasteiger partial charge in [0.2, 0.25) is 0 Å². The minimum absolute atomic E-state index is 0. The van der Waals surface area contributed by atoms with E-state index in [1.54, 1.807) is 18.2 Å². The first-order valence-corrected chi connectivity index (χ1v) is 9.59. The van der Waals surface area contributed by atoms with Crippen molar-refractivity contribution in [2.24, 2.45) is 0 Å². The van der Waals surface area contributed by atoms with E-state index < -0.39 is 11.3 Å². The molecule has 0 aromatic heterocycles. The second kappa shape index (κ2) is 14.6. The van der Waals surface area contributed by atoms with Crippen molar-refractivity contribution in [2.45, 2.75) is 40.6 Å². The quantitative estimate of drug-likeness (QED) is 0.247. The van der Waals surface area contributed by atoms with Crippen LogP contribution in [0.5, 0.6) is 0 Å². The number of hydrogen-bond acceptors (Lipinski definition) is 6. The maximum atomic E-state index is 10.9. The molecule has 1 aromatic carbocycles. The first-order valence-electron chi connectivity index (χ1n) is 6.90. The summed E-state index contributed by atoms with van der Waals surface area (Å²) in [5.41, 5.74) is 2.16. The van der Waals surface area contributed by atoms with Crippen LogP contribution >= 0.6 is 26.1 Å². The molecule has 0 saturated heterocycles. The van der Waals surface area contributed by atoms with E-state index in [1.807, 2.05) is 13.8 Å². The number of hydrogen-bond donors (Lipinski definition) is 1. The zero-order valence-corrected chi connectivity index (χ0v) is 20.2. The van der Waals surface area contributed by atoms with Crippen molar-refractivity contribution >= 4 is 66.7 Å². The van der Waals surface area contributed by atoms with Crippen LogP contribution in [0.4, 0.5) is 9.59 Å². The Bertz CT molecular complexity index is 462. The fraction of sp³-hybridized carbons (Fsp3) is 0.400. The Hall–Kier alpha value is -0.748. The zero-order chi connectivity index (χ0) is 17.8. The molecule has 6 nitrogen and oxygen atoms in total. The Balaban J connectivity index is 0. The van der Waals surface area contributed by atoms with E-state index in [2.05, 4.69) is 12.6 Å². The van der Waals surface area contributed by atoms with Crippen LogP contribution in [-0.2, 0) is 38.8 Å². The Labute approximate surface area is 170 Å². The van der Waals surface area contributed by atoms with Gasteiger partial charge in [0.25, 0.3) is 0 Å². The smallest absolute Gasteiger partial charge is 0.197 e. The van der Waals surface area contributed by atoms with Crippen molar-refractivity contribution in [3.05, 3.63) is 34.9 Å². The molecular weight excluding hydrogens is 545 g/mol. The summed E-state index contributed by atoms with van der Waals surface area (Å²) in [6.07, 6.45) is 0. The molecule has 0 radical (unpaired) electrons. The van der Waals surface area contributed by atoms with Gasteiger partial charge < -0.3 is 0 Å². The van der Waals surface area contributed by atoms with Gasteiger partial charge in [-0.05, 0) is 0 Å². The molecule has 24 heavy (non-hydrogen) atoms. The van der Waals surface area contributed by atoms with Gasteiger partial charge in [-0.3, -0.25) is 0 Å². The fourth-order valence-corrected chi connectivity index (χ4v) is 1.96. The molecule has 0 bridgehead atoms. The normalized spacial score (nSPS) is 8.79. The van der Waals surface area contributed by atoms with Gasteiger partial charge in [-0.15, -0.1) is 0 Å². The zero-order valence-electron chi connectivity index (χ0n) is 13.8. The van der Waals surface area contributed by atoms with Gasteiger partial charge in [0, 0.05) is 0 Å². The first-order chi connectivity index (χ1) is 10.9. The molecule has 1 rings (SSSR count). The predicted octanol–water partition coefficient (Wildman–Crippen LogP) is 3.26. The third-order valence-electron chi connectivity index (χ3n) is 2.30. The second-order valence-corrected chi connectivity index (χ2v) is 6.30. The maximum Gasteiger partial charge on any atom is -0.197 e. The third-order valence-corrected chi connectivity index (χ3v) is 3.07. The van der Waals surface area contributed by atoms with Gasteiger partial charge in [-0.25, -0.2) is 0 Å². The second-order valence-electron chi connectivity index (χ2n) is 4.10. The molecule has 0 atom stereocenters. The standard InChI is InChI=1S/C13H13O6S.C2H6.H2S.Tl/c1-9(15)18-6-11-2-10(5-17-8-14)3-12(4-11)7-19-13(16)20;1-2;;/h2-4H,5-7H2,1H3,(H,16,20);1-2H3;1H2;. The van der Waals surface area contributed by atoms with Crippen LogP contribution in [0.15, 0.2) is 18.2 Å². The monoisotopic (exact) mass is 566 g/mol. The number of carbonyl (C=O) groups excluding carboxylic acids is 3. The van der Waals surface area contributed by atoms with Crippen LogP contribution in [0.3, 0.4) is 0 Å². The van der Waals surface area contributed by atoms with Gasteiger partial charge >= 0.3 is 143 Å². The van der Waals surface area contributed by atoms with Gasteiger partial charge in [-0.1, -0.05) is 13.8 Å². The topological polar surface area (TPSA) is 78.9 Å². The molecule has 0 N–H and O–H groups in total. The molecule has 132 valence electrons. The average Bonchev–Trinajstić information content (AvgIpc) is 2.51. The fourth-order valence-electron chi connectivity index (χ4n) is 1.57. The SMILES string of the molecule is CC.CC(=O)OCc1cc(COC(=O)S)cc(CO[C](=O)[Tl])c1.S. The molecule has 0 aliphatic carbocycles. The molecule has 0 fully saturated rings. The van der Waals surface area contributed by atoms with Gasteiger partial charge in [0.15, 0.2) is 0 Å². The predicted molar refractivity (Wildman–Crippen MR) is 98.8 cm³/mol. The first kappa shape index (κ1) is 25.5. The number of thiol groups is 1. The summed E-state index contributed by atoms with van der Waals surface area (Å²) in [7, 11) is 0. The van der Waals surface area contributed by atoms with Crippen LogP contribution in [0.25, 0.3) is 0 Å². The largest absolute Gasteiger partial charge is 0.197 e. The Kier molecular flexibility index (Phi) is 15.5. The maximum absolute atomic E-state index is 10.9. The summed E-state index contributed by atoms with van der Waals surface area (Å²) < 4.78 is 14.5. The molecule has 9 heteroatoms. The molecule has 0 aliphatic heterocycles. The molecule has 0 amide bonds. The van der Waals surface area contributed by atoms with Gasteiger partial charge in [-0.2, -0.15) is 13.5 Å². The van der Waals surface area contributed by atoms with Crippen molar-refractivity contribution in [1.82, 2.24) is 0 Å². The van der Waals surface area contributed by atoms with Crippen molar-refractivity contribution in [3.63, 3.8) is 0 Å². The van der Waals surface area contributed by atoms with E-state index in [9.17, 15) is 14.4 Å². The molecule has 0 spiro atoms. The van der Waals surface area contributed by atoms with Crippen LogP contribution in [0, 0.1) is 0 Å². The summed E-state index contributed by atoms with van der Waals surface area (Å²) >= 11 is 3.64. The Morgan fingerprint density at radius 2 is 1.29 bits per heavy atom. The van der Waals surface area contributed by atoms with Crippen molar-refractivity contribution in [2.75, 3.05) is 0 Å². The summed E-state index contributed by atoms with van der Waals surface area (Å²) in [4.78, 5) is 32.5. The average molecular weight is 566 g/mol. The number of benzene rings is 1. The van der Waals surface area contributed by atoms with Gasteiger partial charge in [0.1, 0.15) is 0 Å². The van der Waals surface area contributed by atoms with Crippen LogP contribution in [0.2, 0.25) is 0 Å². The number of rotatable bonds is 6. The molecule has 0 heterocycles. The van der Waals surface area contributed by atoms with Crippen LogP contribution in [0.1, 0.15) is 37.5 Å². The van der Waals surface area contributed by atoms with E-state index in [4.69, 9.17) is 14.2 Å². The molecule has 0 aliphatic rings. The van der Waals surface area contributed by atoms with Crippen molar-refractivity contribution in [3.8, 4) is 0 Å². The number of ether oxygens (including phenoxy) is 3. The van der Waals surface area contributed by atoms with E-state index in [1.165, 1.54) is 6.92 Å². The van der Waals surface area contributed by atoms with E-state index >= 15 is 0 Å². The third kappa shape index (κ3) is 12.6. The van der Waals surface area contributed by atoms with E-state index in [0.29, 0.717) is 5.56 Å². The van der Waals surface area contributed by atoms with Crippen LogP contribution < -0.4 is 0 Å². The Morgan fingerprint density at radius 3 is 1.62 bits per heavy atom. The van der Waals surface area contributed by atoms with E-state index in [0.717, 1.165) is 11.1 Å². The Morgan fingerprint density at radius 1 is 0.917 bits per heavy atom. The minimum atomic E-state index is -0.686. The molecule has 0 unspecified atom stereocenters. The van der Waals surface area contributed by atoms with Gasteiger partial charge in [0.05, 0.1) is 0 Å².